The van der Waals surface area contributed by atoms with Crippen LogP contribution in [0.3, 0.4) is 0 Å². The lowest BCUT2D eigenvalue weighted by Gasteiger charge is -2.37. The minimum Gasteiger partial charge on any atom is -0.489 e. The maximum atomic E-state index is 12.2. The Labute approximate surface area is 226 Å². The molecule has 2 aromatic carbocycles. The van der Waals surface area contributed by atoms with E-state index in [1.54, 1.807) is 18.6 Å². The Balaban J connectivity index is 1.39. The first kappa shape index (κ1) is 26.5. The average molecular weight is 531 g/mol. The number of nitrogens with zero attached hydrogens (tertiary/aromatic N) is 3. The molecule has 5 rings (SSSR count). The van der Waals surface area contributed by atoms with Gasteiger partial charge < -0.3 is 20.7 Å². The highest BCUT2D eigenvalue weighted by Crippen LogP contribution is 2.47. The van der Waals surface area contributed by atoms with Gasteiger partial charge >= 0.3 is 5.97 Å². The molecular weight excluding hydrogens is 498 g/mol. The second-order valence-corrected chi connectivity index (χ2v) is 10.3. The largest absolute Gasteiger partial charge is 0.489 e. The van der Waals surface area contributed by atoms with Gasteiger partial charge in [0.1, 0.15) is 30.4 Å². The summed E-state index contributed by atoms with van der Waals surface area (Å²) in [5.41, 5.74) is 7.34. The maximum Gasteiger partial charge on any atom is 0.309 e. The number of primary amides is 1. The summed E-state index contributed by atoms with van der Waals surface area (Å²) in [7, 11) is 0. The number of ether oxygens (including phenoxy) is 1. The standard InChI is InChI=1S/C29H31N5O5/c30-26(36)24(35)16-29(28(37)38)11-9-20(10-12-29)25-23-17-32-13-14-34(23,31)27(33-25)21-7-4-8-22(15-21)39-18-19-5-2-1-3-6-19/h1-8,13-15,17,20,24,35H,9-12,16,18,31H2,(H2-,30,36,37,38)/p+1. The summed E-state index contributed by atoms with van der Waals surface area (Å²) < 4.78 is 5.88. The van der Waals surface area contributed by atoms with Crippen LogP contribution < -0.4 is 16.3 Å². The molecule has 2 unspecified atom stereocenters. The SMILES string of the molecule is NC(=O)C(O)CC1(C(=O)O)CCC(C2=C3C=NC=C[N+]3(N)C(c3cccc(OCc4ccccc4)c3)=N2)CC1. The third-order valence-electron chi connectivity index (χ3n) is 7.86. The first-order valence-corrected chi connectivity index (χ1v) is 12.9. The molecule has 0 aromatic heterocycles. The zero-order valence-corrected chi connectivity index (χ0v) is 21.4. The summed E-state index contributed by atoms with van der Waals surface area (Å²) in [6.07, 6.45) is 4.97. The highest BCUT2D eigenvalue weighted by molar-refractivity contribution is 6.00. The number of amides is 1. The molecule has 0 spiro atoms. The third kappa shape index (κ3) is 5.14. The first-order valence-electron chi connectivity index (χ1n) is 12.9. The number of nitrogens with two attached hydrogens (primary N) is 2. The van der Waals surface area contributed by atoms with Gasteiger partial charge in [0.05, 0.1) is 23.4 Å². The van der Waals surface area contributed by atoms with E-state index in [0.29, 0.717) is 31.0 Å². The number of carboxylic acids is 1. The van der Waals surface area contributed by atoms with Crippen molar-refractivity contribution in [3.63, 3.8) is 0 Å². The highest BCUT2D eigenvalue weighted by Gasteiger charge is 2.49. The predicted octanol–water partition coefficient (Wildman–Crippen LogP) is 2.98. The van der Waals surface area contributed by atoms with Crippen molar-refractivity contribution in [2.24, 2.45) is 32.9 Å². The van der Waals surface area contributed by atoms with Gasteiger partial charge in [0.15, 0.2) is 0 Å². The number of carbonyl (C=O) groups is 2. The van der Waals surface area contributed by atoms with Crippen molar-refractivity contribution < 1.29 is 29.1 Å². The fourth-order valence-electron chi connectivity index (χ4n) is 5.59. The van der Waals surface area contributed by atoms with Crippen LogP contribution in [0.5, 0.6) is 5.75 Å². The molecule has 10 heteroatoms. The molecule has 1 fully saturated rings. The number of rotatable bonds is 9. The molecule has 2 atom stereocenters. The number of allylic oxidation sites excluding steroid dienone is 2. The Morgan fingerprint density at radius 3 is 2.56 bits per heavy atom. The van der Waals surface area contributed by atoms with E-state index in [-0.39, 0.29) is 29.8 Å². The van der Waals surface area contributed by atoms with Crippen LogP contribution in [0.15, 0.2) is 88.4 Å². The van der Waals surface area contributed by atoms with Gasteiger partial charge in [-0.2, -0.15) is 10.8 Å². The van der Waals surface area contributed by atoms with Crippen molar-refractivity contribution in [1.82, 2.24) is 0 Å². The number of fused-ring (bicyclic) bond motifs is 1. The van der Waals surface area contributed by atoms with E-state index in [2.05, 4.69) is 4.99 Å². The number of carbonyl (C=O) groups excluding carboxylic acids is 1. The minimum atomic E-state index is -1.50. The van der Waals surface area contributed by atoms with Gasteiger partial charge in [-0.1, -0.05) is 36.4 Å². The van der Waals surface area contributed by atoms with Gasteiger partial charge in [-0.05, 0) is 55.9 Å². The van der Waals surface area contributed by atoms with E-state index in [0.717, 1.165) is 22.5 Å². The molecule has 2 heterocycles. The zero-order valence-electron chi connectivity index (χ0n) is 21.4. The normalized spacial score (nSPS) is 26.6. The molecule has 39 heavy (non-hydrogen) atoms. The van der Waals surface area contributed by atoms with E-state index in [1.807, 2.05) is 54.6 Å². The number of aliphatic hydroxyl groups excluding tert-OH is 1. The number of aliphatic hydroxyl groups is 1. The Hall–Kier alpha value is -4.12. The Kier molecular flexibility index (Phi) is 7.17. The number of aliphatic imine (C=N–C) groups is 2. The van der Waals surface area contributed by atoms with Crippen LogP contribution in [0.25, 0.3) is 0 Å². The van der Waals surface area contributed by atoms with Gasteiger partial charge in [0, 0.05) is 5.92 Å². The van der Waals surface area contributed by atoms with Crippen LogP contribution in [0, 0.1) is 11.3 Å². The van der Waals surface area contributed by atoms with E-state index in [1.165, 1.54) is 0 Å². The van der Waals surface area contributed by atoms with Gasteiger partial charge in [-0.15, -0.1) is 4.59 Å². The molecular formula is C29H32N5O5+. The quantitative estimate of drug-likeness (QED) is 0.288. The van der Waals surface area contributed by atoms with Crippen molar-refractivity contribution in [2.75, 3.05) is 0 Å². The number of aliphatic carboxylic acids is 1. The van der Waals surface area contributed by atoms with E-state index in [9.17, 15) is 19.8 Å². The van der Waals surface area contributed by atoms with Crippen molar-refractivity contribution in [3.05, 3.63) is 89.5 Å². The molecule has 0 bridgehead atoms. The Morgan fingerprint density at radius 1 is 1.13 bits per heavy atom. The Bertz CT molecular complexity index is 1390. The van der Waals surface area contributed by atoms with Gasteiger partial charge in [-0.3, -0.25) is 14.6 Å². The summed E-state index contributed by atoms with van der Waals surface area (Å²) in [4.78, 5) is 32.9. The van der Waals surface area contributed by atoms with Gasteiger partial charge in [0.2, 0.25) is 11.6 Å². The number of hydrogen-bond acceptors (Lipinski definition) is 7. The van der Waals surface area contributed by atoms with Crippen molar-refractivity contribution in [1.29, 1.82) is 0 Å². The number of amidine groups is 1. The first-order chi connectivity index (χ1) is 18.7. The van der Waals surface area contributed by atoms with E-state index in [4.69, 9.17) is 21.3 Å². The molecule has 0 saturated heterocycles. The summed E-state index contributed by atoms with van der Waals surface area (Å²) in [6, 6.07) is 17.5. The highest BCUT2D eigenvalue weighted by atomic mass is 16.5. The van der Waals surface area contributed by atoms with Crippen molar-refractivity contribution in [3.8, 4) is 5.75 Å². The molecule has 1 saturated carbocycles. The number of carboxylic acid groups (broad SMARTS) is 1. The summed E-state index contributed by atoms with van der Waals surface area (Å²) >= 11 is 0. The Morgan fingerprint density at radius 2 is 1.87 bits per heavy atom. The predicted molar refractivity (Wildman–Crippen MR) is 145 cm³/mol. The van der Waals surface area contributed by atoms with Crippen molar-refractivity contribution >= 4 is 23.9 Å². The zero-order chi connectivity index (χ0) is 27.6. The van der Waals surface area contributed by atoms with Crippen LogP contribution in [-0.2, 0) is 16.2 Å². The van der Waals surface area contributed by atoms with Gasteiger partial charge in [0.25, 0.3) is 5.84 Å². The van der Waals surface area contributed by atoms with Crippen LogP contribution in [0.2, 0.25) is 0 Å². The molecule has 202 valence electrons. The lowest BCUT2D eigenvalue weighted by atomic mass is 9.67. The molecule has 1 aliphatic carbocycles. The van der Waals surface area contributed by atoms with E-state index < -0.39 is 23.4 Å². The fourth-order valence-corrected chi connectivity index (χ4v) is 5.59. The minimum absolute atomic E-state index is 0.0628. The lowest BCUT2D eigenvalue weighted by Crippen LogP contribution is -2.53. The van der Waals surface area contributed by atoms with Crippen LogP contribution >= 0.6 is 0 Å². The number of benzene rings is 2. The molecule has 3 aliphatic rings. The molecule has 1 amide bonds. The monoisotopic (exact) mass is 530 g/mol. The molecule has 0 radical (unpaired) electrons. The smallest absolute Gasteiger partial charge is 0.309 e. The topological polar surface area (TPSA) is 161 Å². The van der Waals surface area contributed by atoms with Crippen LogP contribution in [0.4, 0.5) is 0 Å². The summed E-state index contributed by atoms with van der Waals surface area (Å²) in [5.74, 6) is 6.19. The van der Waals surface area contributed by atoms with Crippen LogP contribution in [-0.4, -0.2) is 44.8 Å². The molecule has 6 N–H and O–H groups in total. The maximum absolute atomic E-state index is 12.2. The molecule has 2 aliphatic heterocycles. The van der Waals surface area contributed by atoms with Crippen LogP contribution in [0.1, 0.15) is 43.2 Å². The second kappa shape index (κ2) is 10.6. The van der Waals surface area contributed by atoms with E-state index >= 15 is 0 Å². The number of quaternary nitrogens is 1. The average Bonchev–Trinajstić information content (AvgIpc) is 3.26. The van der Waals surface area contributed by atoms with Gasteiger partial charge in [-0.25, -0.2) is 0 Å². The summed E-state index contributed by atoms with van der Waals surface area (Å²) in [5, 5.41) is 20.0. The molecule has 2 aromatic rings. The third-order valence-corrected chi connectivity index (χ3v) is 7.86. The summed E-state index contributed by atoms with van der Waals surface area (Å²) in [6.45, 7) is 0.429. The fraction of sp³-hybridized carbons (Fsp3) is 0.310. The number of hydrogen-bond donors (Lipinski definition) is 4. The molecule has 10 nitrogen and oxygen atoms in total. The second-order valence-electron chi connectivity index (χ2n) is 10.3. The van der Waals surface area contributed by atoms with Crippen molar-refractivity contribution in [2.45, 2.75) is 44.8 Å². The lowest BCUT2D eigenvalue weighted by molar-refractivity contribution is -0.750.